The van der Waals surface area contributed by atoms with Gasteiger partial charge in [0.2, 0.25) is 11.6 Å². The van der Waals surface area contributed by atoms with E-state index in [1.165, 1.54) is 0 Å². The fraction of sp³-hybridized carbons (Fsp3) is 0.714. The molecular weight excluding hydrogens is 260 g/mol. The molecular formula is C14H24N2O4. The van der Waals surface area contributed by atoms with E-state index in [4.69, 9.17) is 0 Å². The first kappa shape index (κ1) is 18.3. The van der Waals surface area contributed by atoms with Crippen LogP contribution in [0.4, 0.5) is 0 Å². The molecule has 0 aliphatic carbocycles. The molecule has 2 atom stereocenters. The quantitative estimate of drug-likeness (QED) is 0.664. The number of hydrogen-bond donors (Lipinski definition) is 2. The zero-order chi connectivity index (χ0) is 16.0. The van der Waals surface area contributed by atoms with Gasteiger partial charge in [0.05, 0.1) is 0 Å². The van der Waals surface area contributed by atoms with Gasteiger partial charge in [0.1, 0.15) is 0 Å². The molecule has 0 aromatic heterocycles. The van der Waals surface area contributed by atoms with E-state index in [-0.39, 0.29) is 11.8 Å². The van der Waals surface area contributed by atoms with Crippen molar-refractivity contribution in [2.75, 3.05) is 0 Å². The van der Waals surface area contributed by atoms with E-state index in [0.29, 0.717) is 0 Å². The molecule has 2 unspecified atom stereocenters. The lowest BCUT2D eigenvalue weighted by Gasteiger charge is -2.22. The van der Waals surface area contributed by atoms with Gasteiger partial charge in [-0.25, -0.2) is 0 Å². The van der Waals surface area contributed by atoms with Crippen LogP contribution >= 0.6 is 0 Å². The first-order valence-electron chi connectivity index (χ1n) is 6.77. The third kappa shape index (κ3) is 5.50. The molecule has 0 rings (SSSR count). The van der Waals surface area contributed by atoms with E-state index in [1.807, 2.05) is 0 Å². The van der Waals surface area contributed by atoms with Crippen molar-refractivity contribution >= 4 is 23.4 Å². The Kier molecular flexibility index (Phi) is 7.10. The topological polar surface area (TPSA) is 92.3 Å². The Balaban J connectivity index is 4.46. The van der Waals surface area contributed by atoms with Gasteiger partial charge in [0.25, 0.3) is 11.8 Å². The monoisotopic (exact) mass is 284 g/mol. The first-order valence-corrected chi connectivity index (χ1v) is 6.77. The molecule has 0 bridgehead atoms. The van der Waals surface area contributed by atoms with Crippen molar-refractivity contribution in [2.24, 2.45) is 11.8 Å². The Labute approximate surface area is 119 Å². The van der Waals surface area contributed by atoms with Crippen molar-refractivity contribution in [3.63, 3.8) is 0 Å². The summed E-state index contributed by atoms with van der Waals surface area (Å²) in [5.74, 6) is -3.13. The molecule has 0 saturated carbocycles. The summed E-state index contributed by atoms with van der Waals surface area (Å²) in [6.07, 6.45) is 0. The average molecular weight is 284 g/mol. The van der Waals surface area contributed by atoms with Crippen LogP contribution in [0.15, 0.2) is 0 Å². The van der Waals surface area contributed by atoms with Crippen LogP contribution in [-0.2, 0) is 19.2 Å². The van der Waals surface area contributed by atoms with Crippen molar-refractivity contribution < 1.29 is 19.2 Å². The number of amides is 2. The van der Waals surface area contributed by atoms with Crippen LogP contribution in [0.2, 0.25) is 0 Å². The summed E-state index contributed by atoms with van der Waals surface area (Å²) >= 11 is 0. The number of nitrogens with one attached hydrogen (secondary N) is 2. The normalized spacial score (nSPS) is 13.8. The summed E-state index contributed by atoms with van der Waals surface area (Å²) in [7, 11) is 0. The number of carbonyl (C=O) groups excluding carboxylic acids is 4. The van der Waals surface area contributed by atoms with E-state index >= 15 is 0 Å². The van der Waals surface area contributed by atoms with Crippen LogP contribution in [0.1, 0.15) is 41.5 Å². The van der Waals surface area contributed by atoms with Gasteiger partial charge in [-0.3, -0.25) is 19.2 Å². The largest absolute Gasteiger partial charge is 0.345 e. The van der Waals surface area contributed by atoms with Crippen molar-refractivity contribution in [1.29, 1.82) is 0 Å². The zero-order valence-corrected chi connectivity index (χ0v) is 12.9. The molecule has 20 heavy (non-hydrogen) atoms. The second-order valence-corrected chi connectivity index (χ2v) is 5.56. The van der Waals surface area contributed by atoms with Crippen molar-refractivity contribution in [3.8, 4) is 0 Å². The molecule has 2 N–H and O–H groups in total. The first-order chi connectivity index (χ1) is 9.07. The predicted molar refractivity (Wildman–Crippen MR) is 74.9 cm³/mol. The van der Waals surface area contributed by atoms with Gasteiger partial charge in [-0.05, 0) is 13.8 Å². The maximum absolute atomic E-state index is 11.6. The molecule has 114 valence electrons. The molecule has 6 nitrogen and oxygen atoms in total. The SMILES string of the molecule is CC(C)C(=O)C(=O)NC(C)C(C)NC(=O)C(=O)C(C)C. The summed E-state index contributed by atoms with van der Waals surface area (Å²) in [6, 6.07) is -0.900. The van der Waals surface area contributed by atoms with E-state index in [0.717, 1.165) is 0 Å². The van der Waals surface area contributed by atoms with E-state index in [2.05, 4.69) is 10.6 Å². The second-order valence-electron chi connectivity index (χ2n) is 5.56. The Morgan fingerprint density at radius 3 is 1.05 bits per heavy atom. The van der Waals surface area contributed by atoms with Crippen LogP contribution in [0.25, 0.3) is 0 Å². The summed E-state index contributed by atoms with van der Waals surface area (Å²) in [6.45, 7) is 9.88. The van der Waals surface area contributed by atoms with Crippen LogP contribution in [-0.4, -0.2) is 35.5 Å². The standard InChI is InChI=1S/C14H24N2O4/c1-7(2)11(17)13(19)15-9(5)10(6)16-14(20)12(18)8(3)4/h7-10H,1-6H3,(H,15,19)(H,16,20). The molecule has 2 amide bonds. The predicted octanol–water partition coefficient (Wildman–Crippen LogP) is 0.446. The zero-order valence-electron chi connectivity index (χ0n) is 12.9. The highest BCUT2D eigenvalue weighted by Gasteiger charge is 2.25. The van der Waals surface area contributed by atoms with Gasteiger partial charge < -0.3 is 10.6 Å². The van der Waals surface area contributed by atoms with Gasteiger partial charge in [-0.15, -0.1) is 0 Å². The van der Waals surface area contributed by atoms with E-state index in [9.17, 15) is 19.2 Å². The molecule has 0 saturated heterocycles. The van der Waals surface area contributed by atoms with Crippen molar-refractivity contribution in [3.05, 3.63) is 0 Å². The molecule has 0 spiro atoms. The summed E-state index contributed by atoms with van der Waals surface area (Å²) < 4.78 is 0. The average Bonchev–Trinajstić information content (AvgIpc) is 2.35. The fourth-order valence-electron chi connectivity index (χ4n) is 1.33. The molecule has 6 heteroatoms. The van der Waals surface area contributed by atoms with Crippen LogP contribution in [0, 0.1) is 11.8 Å². The number of hydrogen-bond acceptors (Lipinski definition) is 4. The maximum Gasteiger partial charge on any atom is 0.287 e. The second kappa shape index (κ2) is 7.77. The van der Waals surface area contributed by atoms with Gasteiger partial charge in [-0.1, -0.05) is 27.7 Å². The third-order valence-corrected chi connectivity index (χ3v) is 2.96. The lowest BCUT2D eigenvalue weighted by Crippen LogP contribution is -2.52. The van der Waals surface area contributed by atoms with Gasteiger partial charge >= 0.3 is 0 Å². The van der Waals surface area contributed by atoms with Crippen LogP contribution < -0.4 is 10.6 Å². The summed E-state index contributed by atoms with van der Waals surface area (Å²) in [5.41, 5.74) is 0. The van der Waals surface area contributed by atoms with Crippen LogP contribution in [0.5, 0.6) is 0 Å². The van der Waals surface area contributed by atoms with E-state index in [1.54, 1.807) is 41.5 Å². The molecule has 0 aromatic rings. The Bertz CT molecular complexity index is 364. The minimum atomic E-state index is -0.677. The number of carbonyl (C=O) groups is 4. The number of Topliss-reactive ketones (excluding diaryl/α,β-unsaturated/α-hetero) is 2. The summed E-state index contributed by atoms with van der Waals surface area (Å²) in [5, 5.41) is 5.04. The molecule has 0 aromatic carbocycles. The Hall–Kier alpha value is -1.72. The van der Waals surface area contributed by atoms with Gasteiger partial charge in [0.15, 0.2) is 0 Å². The highest BCUT2D eigenvalue weighted by Crippen LogP contribution is 1.99. The molecule has 0 fully saturated rings. The third-order valence-electron chi connectivity index (χ3n) is 2.96. The summed E-state index contributed by atoms with van der Waals surface area (Å²) in [4.78, 5) is 46.1. The maximum atomic E-state index is 11.6. The Morgan fingerprint density at radius 2 is 0.850 bits per heavy atom. The van der Waals surface area contributed by atoms with Gasteiger partial charge in [-0.2, -0.15) is 0 Å². The fourth-order valence-corrected chi connectivity index (χ4v) is 1.33. The molecule has 0 aliphatic rings. The molecule has 0 radical (unpaired) electrons. The minimum absolute atomic E-state index is 0.380. The van der Waals surface area contributed by atoms with Crippen molar-refractivity contribution in [1.82, 2.24) is 10.6 Å². The highest BCUT2D eigenvalue weighted by atomic mass is 16.2. The van der Waals surface area contributed by atoms with E-state index < -0.39 is 35.5 Å². The molecule has 0 aliphatic heterocycles. The smallest absolute Gasteiger partial charge is 0.287 e. The minimum Gasteiger partial charge on any atom is -0.345 e. The lowest BCUT2D eigenvalue weighted by atomic mass is 10.1. The number of rotatable bonds is 7. The highest BCUT2D eigenvalue weighted by molar-refractivity contribution is 6.37. The Morgan fingerprint density at radius 1 is 0.600 bits per heavy atom. The van der Waals surface area contributed by atoms with Crippen molar-refractivity contribution in [2.45, 2.75) is 53.6 Å². The van der Waals surface area contributed by atoms with Crippen LogP contribution in [0.3, 0.4) is 0 Å². The molecule has 0 heterocycles. The lowest BCUT2D eigenvalue weighted by molar-refractivity contribution is -0.141. The number of ketones is 2. The van der Waals surface area contributed by atoms with Gasteiger partial charge in [0, 0.05) is 23.9 Å².